The number of aromatic nitrogens is 2. The monoisotopic (exact) mass is 264 g/mol. The molecule has 0 aliphatic heterocycles. The number of aryl methyl sites for hydroxylation is 1. The molecule has 0 fully saturated rings. The van der Waals surface area contributed by atoms with E-state index < -0.39 is 0 Å². The Kier molecular flexibility index (Phi) is 3.93. The molecule has 0 unspecified atom stereocenters. The van der Waals surface area contributed by atoms with Crippen molar-refractivity contribution in [2.75, 3.05) is 0 Å². The van der Waals surface area contributed by atoms with Gasteiger partial charge in [0.1, 0.15) is 10.8 Å². The zero-order valence-electron chi connectivity index (χ0n) is 10.7. The molecule has 0 saturated heterocycles. The molecule has 0 saturated carbocycles. The Morgan fingerprint density at radius 2 is 2.11 bits per heavy atom. The van der Waals surface area contributed by atoms with Crippen molar-refractivity contribution in [1.29, 1.82) is 0 Å². The molecule has 18 heavy (non-hydrogen) atoms. The molecule has 2 aromatic rings. The van der Waals surface area contributed by atoms with Crippen molar-refractivity contribution in [3.8, 4) is 10.9 Å². The highest BCUT2D eigenvalue weighted by Crippen LogP contribution is 2.30. The molecule has 5 heteroatoms. The summed E-state index contributed by atoms with van der Waals surface area (Å²) in [4.78, 5) is 0. The van der Waals surface area contributed by atoms with Crippen LogP contribution in [0.15, 0.2) is 18.2 Å². The summed E-state index contributed by atoms with van der Waals surface area (Å²) in [5.41, 5.74) is 2.28. The van der Waals surface area contributed by atoms with Crippen molar-refractivity contribution in [1.82, 2.24) is 10.2 Å². The zero-order chi connectivity index (χ0) is 13.1. The number of benzene rings is 1. The Bertz CT molecular complexity index is 538. The van der Waals surface area contributed by atoms with Gasteiger partial charge >= 0.3 is 0 Å². The zero-order valence-corrected chi connectivity index (χ0v) is 11.5. The first-order valence-corrected chi connectivity index (χ1v) is 6.63. The van der Waals surface area contributed by atoms with E-state index in [1.165, 1.54) is 16.9 Å². The quantitative estimate of drug-likeness (QED) is 0.921. The number of aliphatic hydroxyl groups excluding tert-OH is 1. The number of hydrogen-bond acceptors (Lipinski definition) is 5. The van der Waals surface area contributed by atoms with Crippen molar-refractivity contribution < 1.29 is 9.84 Å². The summed E-state index contributed by atoms with van der Waals surface area (Å²) in [7, 11) is 0. The van der Waals surface area contributed by atoms with E-state index in [-0.39, 0.29) is 6.61 Å². The van der Waals surface area contributed by atoms with Crippen molar-refractivity contribution in [3.05, 3.63) is 34.3 Å². The van der Waals surface area contributed by atoms with Crippen LogP contribution in [0, 0.1) is 6.92 Å². The molecule has 96 valence electrons. The lowest BCUT2D eigenvalue weighted by Gasteiger charge is -2.10. The van der Waals surface area contributed by atoms with Crippen LogP contribution in [0.25, 0.3) is 0 Å². The van der Waals surface area contributed by atoms with Gasteiger partial charge in [-0.05, 0) is 30.0 Å². The smallest absolute Gasteiger partial charge is 0.299 e. The van der Waals surface area contributed by atoms with Crippen LogP contribution in [-0.4, -0.2) is 15.3 Å². The number of hydrogen-bond donors (Lipinski definition) is 1. The fourth-order valence-electron chi connectivity index (χ4n) is 1.52. The topological polar surface area (TPSA) is 55.2 Å². The average Bonchev–Trinajstić information content (AvgIpc) is 2.79. The predicted molar refractivity (Wildman–Crippen MR) is 71.2 cm³/mol. The predicted octanol–water partition coefficient (Wildman–Crippen LogP) is 3.25. The highest BCUT2D eigenvalue weighted by Gasteiger charge is 2.09. The van der Waals surface area contributed by atoms with Crippen LogP contribution in [0.2, 0.25) is 0 Å². The van der Waals surface area contributed by atoms with Gasteiger partial charge in [-0.3, -0.25) is 0 Å². The first-order chi connectivity index (χ1) is 8.60. The van der Waals surface area contributed by atoms with Crippen LogP contribution < -0.4 is 4.74 Å². The van der Waals surface area contributed by atoms with Crippen LogP contribution in [0.1, 0.15) is 35.9 Å². The van der Waals surface area contributed by atoms with Crippen LogP contribution in [0.4, 0.5) is 0 Å². The molecule has 0 aliphatic carbocycles. The minimum absolute atomic E-state index is 0.105. The number of rotatable bonds is 4. The Balaban J connectivity index is 2.24. The van der Waals surface area contributed by atoms with E-state index in [0.717, 1.165) is 11.3 Å². The summed E-state index contributed by atoms with van der Waals surface area (Å²) in [5, 5.41) is 17.7. The summed E-state index contributed by atoms with van der Waals surface area (Å²) >= 11 is 1.26. The van der Waals surface area contributed by atoms with Crippen molar-refractivity contribution >= 4 is 11.3 Å². The number of aliphatic hydroxyl groups is 1. The largest absolute Gasteiger partial charge is 0.430 e. The van der Waals surface area contributed by atoms with E-state index in [4.69, 9.17) is 9.84 Å². The lowest BCUT2D eigenvalue weighted by atomic mass is 10.0. The molecule has 1 aromatic heterocycles. The van der Waals surface area contributed by atoms with Gasteiger partial charge in [-0.15, -0.1) is 5.10 Å². The van der Waals surface area contributed by atoms with Crippen LogP contribution in [0.3, 0.4) is 0 Å². The van der Waals surface area contributed by atoms with Gasteiger partial charge in [-0.1, -0.05) is 42.4 Å². The Hall–Kier alpha value is -1.46. The molecular weight excluding hydrogens is 248 g/mol. The summed E-state index contributed by atoms with van der Waals surface area (Å²) < 4.78 is 5.72. The second-order valence-corrected chi connectivity index (χ2v) is 5.43. The maximum Gasteiger partial charge on any atom is 0.299 e. The molecular formula is C13H16N2O2S. The van der Waals surface area contributed by atoms with E-state index >= 15 is 0 Å². The molecule has 0 atom stereocenters. The average molecular weight is 264 g/mol. The van der Waals surface area contributed by atoms with Gasteiger partial charge in [-0.25, -0.2) is 0 Å². The summed E-state index contributed by atoms with van der Waals surface area (Å²) in [6.45, 7) is 6.17. The van der Waals surface area contributed by atoms with Crippen molar-refractivity contribution in [2.45, 2.75) is 33.3 Å². The minimum Gasteiger partial charge on any atom is -0.430 e. The molecule has 4 nitrogen and oxygen atoms in total. The lowest BCUT2D eigenvalue weighted by molar-refractivity contribution is 0.280. The maximum absolute atomic E-state index is 8.94. The highest BCUT2D eigenvalue weighted by molar-refractivity contribution is 7.13. The third kappa shape index (κ3) is 2.86. The maximum atomic E-state index is 8.94. The molecule has 0 spiro atoms. The van der Waals surface area contributed by atoms with Crippen molar-refractivity contribution in [3.63, 3.8) is 0 Å². The standard InChI is InChI=1S/C13H16N2O2S/c1-8(2)10-5-4-9(3)11(6-10)17-13-15-14-12(7-16)18-13/h4-6,8,16H,7H2,1-3H3. The van der Waals surface area contributed by atoms with E-state index in [1.807, 2.05) is 19.1 Å². The minimum atomic E-state index is -0.105. The van der Waals surface area contributed by atoms with Crippen LogP contribution in [0.5, 0.6) is 10.9 Å². The molecule has 0 bridgehead atoms. The van der Waals surface area contributed by atoms with Gasteiger partial charge in [0.05, 0.1) is 6.61 Å². The van der Waals surface area contributed by atoms with Crippen LogP contribution >= 0.6 is 11.3 Å². The van der Waals surface area contributed by atoms with Gasteiger partial charge in [0.2, 0.25) is 0 Å². The van der Waals surface area contributed by atoms with E-state index in [1.54, 1.807) is 0 Å². The van der Waals surface area contributed by atoms with Gasteiger partial charge in [0, 0.05) is 0 Å². The van der Waals surface area contributed by atoms with Gasteiger partial charge in [0.15, 0.2) is 0 Å². The number of ether oxygens (including phenoxy) is 1. The third-order valence-electron chi connectivity index (χ3n) is 2.66. The molecule has 1 N–H and O–H groups in total. The van der Waals surface area contributed by atoms with Crippen molar-refractivity contribution in [2.24, 2.45) is 0 Å². The molecule has 1 aromatic carbocycles. The fraction of sp³-hybridized carbons (Fsp3) is 0.385. The number of nitrogens with zero attached hydrogens (tertiary/aromatic N) is 2. The molecule has 0 aliphatic rings. The molecule has 0 amide bonds. The molecule has 0 radical (unpaired) electrons. The summed E-state index contributed by atoms with van der Waals surface area (Å²) in [6.07, 6.45) is 0. The summed E-state index contributed by atoms with van der Waals surface area (Å²) in [6, 6.07) is 6.17. The third-order valence-corrected chi connectivity index (χ3v) is 3.45. The second kappa shape index (κ2) is 5.46. The Labute approximate surface area is 110 Å². The van der Waals surface area contributed by atoms with Crippen LogP contribution in [-0.2, 0) is 6.61 Å². The molecule has 2 rings (SSSR count). The summed E-state index contributed by atoms with van der Waals surface area (Å²) in [5.74, 6) is 1.25. The Morgan fingerprint density at radius 3 is 2.72 bits per heavy atom. The van der Waals surface area contributed by atoms with Gasteiger partial charge in [-0.2, -0.15) is 0 Å². The SMILES string of the molecule is Cc1ccc(C(C)C)cc1Oc1nnc(CO)s1. The second-order valence-electron chi connectivity index (χ2n) is 4.40. The first kappa shape index (κ1) is 13.0. The lowest BCUT2D eigenvalue weighted by Crippen LogP contribution is -1.92. The fourth-order valence-corrected chi connectivity index (χ4v) is 2.08. The van der Waals surface area contributed by atoms with E-state index in [2.05, 4.69) is 30.1 Å². The highest BCUT2D eigenvalue weighted by atomic mass is 32.1. The molecule has 1 heterocycles. The normalized spacial score (nSPS) is 10.9. The van der Waals surface area contributed by atoms with Gasteiger partial charge < -0.3 is 9.84 Å². The van der Waals surface area contributed by atoms with E-state index in [0.29, 0.717) is 16.1 Å². The van der Waals surface area contributed by atoms with E-state index in [9.17, 15) is 0 Å². The van der Waals surface area contributed by atoms with Gasteiger partial charge in [0.25, 0.3) is 5.19 Å². The Morgan fingerprint density at radius 1 is 1.33 bits per heavy atom. The first-order valence-electron chi connectivity index (χ1n) is 5.81.